The number of nitrogens with one attached hydrogen (secondary N) is 1. The second-order valence-corrected chi connectivity index (χ2v) is 10.1. The topological polar surface area (TPSA) is 161 Å². The van der Waals surface area contributed by atoms with E-state index < -0.39 is 23.8 Å². The second-order valence-electron chi connectivity index (χ2n) is 9.62. The van der Waals surface area contributed by atoms with Crippen molar-refractivity contribution < 1.29 is 24.3 Å². The monoisotopic (exact) mass is 584 g/mol. The molecule has 0 spiro atoms. The van der Waals surface area contributed by atoms with Crippen molar-refractivity contribution in [3.05, 3.63) is 112 Å². The van der Waals surface area contributed by atoms with Gasteiger partial charge in [-0.05, 0) is 72.2 Å². The van der Waals surface area contributed by atoms with Gasteiger partial charge in [0.15, 0.2) is 0 Å². The molecule has 42 heavy (non-hydrogen) atoms. The van der Waals surface area contributed by atoms with E-state index >= 15 is 0 Å². The van der Waals surface area contributed by atoms with Gasteiger partial charge in [0.1, 0.15) is 6.04 Å². The van der Waals surface area contributed by atoms with Gasteiger partial charge in [0.25, 0.3) is 0 Å². The molecular formula is C30H25ClN6O5. The van der Waals surface area contributed by atoms with Gasteiger partial charge in [0.05, 0.1) is 23.6 Å². The molecule has 3 amide bonds. The number of nitrogens with zero attached hydrogens (tertiary/aromatic N) is 4. The largest absolute Gasteiger partial charge is 0.478 e. The Labute approximate surface area is 245 Å². The van der Waals surface area contributed by atoms with Crippen molar-refractivity contribution in [1.29, 1.82) is 0 Å². The molecule has 4 N–H and O–H groups in total. The molecule has 1 unspecified atom stereocenters. The summed E-state index contributed by atoms with van der Waals surface area (Å²) in [5.41, 5.74) is 8.96. The van der Waals surface area contributed by atoms with Crippen LogP contribution in [0, 0.1) is 0 Å². The first-order valence-electron chi connectivity index (χ1n) is 12.9. The number of nitrogens with two attached hydrogens (primary N) is 1. The number of carboxylic acids is 1. The summed E-state index contributed by atoms with van der Waals surface area (Å²) in [4.78, 5) is 51.7. The summed E-state index contributed by atoms with van der Waals surface area (Å²) < 4.78 is 1.58. The number of primary amides is 1. The van der Waals surface area contributed by atoms with E-state index in [1.165, 1.54) is 35.2 Å². The number of amides is 3. The average molecular weight is 585 g/mol. The summed E-state index contributed by atoms with van der Waals surface area (Å²) in [6, 6.07) is 16.6. The normalized spacial score (nSPS) is 13.8. The van der Waals surface area contributed by atoms with Crippen LogP contribution < -0.4 is 11.1 Å². The fraction of sp³-hybridized carbons (Fsp3) is 0.133. The number of halogens is 1. The highest BCUT2D eigenvalue weighted by atomic mass is 35.5. The van der Waals surface area contributed by atoms with Crippen LogP contribution in [0.15, 0.2) is 85.2 Å². The van der Waals surface area contributed by atoms with Gasteiger partial charge in [-0.15, -0.1) is 5.10 Å². The van der Waals surface area contributed by atoms with Crippen LogP contribution in [0.4, 0.5) is 5.69 Å². The first-order chi connectivity index (χ1) is 20.2. The zero-order valence-corrected chi connectivity index (χ0v) is 22.9. The highest BCUT2D eigenvalue weighted by Crippen LogP contribution is 2.31. The van der Waals surface area contributed by atoms with Crippen LogP contribution in [0.5, 0.6) is 0 Å². The van der Waals surface area contributed by atoms with Crippen molar-refractivity contribution in [3.63, 3.8) is 0 Å². The van der Waals surface area contributed by atoms with Crippen molar-refractivity contribution in [3.8, 4) is 5.69 Å². The number of benzene rings is 3. The third-order valence-corrected chi connectivity index (χ3v) is 7.13. The number of carboxylic acid groups (broad SMARTS) is 1. The minimum atomic E-state index is -1.09. The Hall–Kier alpha value is -5.29. The Morgan fingerprint density at radius 3 is 2.50 bits per heavy atom. The highest BCUT2D eigenvalue weighted by Gasteiger charge is 2.32. The zero-order valence-electron chi connectivity index (χ0n) is 22.1. The molecule has 1 aliphatic heterocycles. The molecule has 1 atom stereocenters. The first kappa shape index (κ1) is 28.2. The maximum absolute atomic E-state index is 13.6. The molecule has 0 radical (unpaired) electrons. The van der Waals surface area contributed by atoms with E-state index in [9.17, 15) is 24.3 Å². The molecule has 2 heterocycles. The number of hydrogen-bond acceptors (Lipinski definition) is 6. The SMILES string of the molecule is NC(=O)c1cccc(CC(C(=O)Nc2ccc(C(=O)O)cc2)N2CCC(c3cc(Cl)ccc3-n3ccnn3)=CC2=O)c1. The van der Waals surface area contributed by atoms with Gasteiger partial charge in [-0.1, -0.05) is 28.9 Å². The van der Waals surface area contributed by atoms with Crippen LogP contribution in [-0.2, 0) is 16.0 Å². The Morgan fingerprint density at radius 1 is 1.05 bits per heavy atom. The fourth-order valence-corrected chi connectivity index (χ4v) is 4.99. The average Bonchev–Trinajstić information content (AvgIpc) is 3.51. The molecule has 0 saturated heterocycles. The molecule has 12 heteroatoms. The number of carbonyl (C=O) groups is 4. The third-order valence-electron chi connectivity index (χ3n) is 6.90. The Kier molecular flexibility index (Phi) is 8.12. The Morgan fingerprint density at radius 2 is 1.83 bits per heavy atom. The highest BCUT2D eigenvalue weighted by molar-refractivity contribution is 6.30. The lowest BCUT2D eigenvalue weighted by atomic mass is 9.94. The van der Waals surface area contributed by atoms with E-state index in [2.05, 4.69) is 15.6 Å². The first-order valence-corrected chi connectivity index (χ1v) is 13.3. The lowest BCUT2D eigenvalue weighted by molar-refractivity contribution is -0.135. The summed E-state index contributed by atoms with van der Waals surface area (Å²) in [5, 5.41) is 20.4. The molecular weight excluding hydrogens is 560 g/mol. The summed E-state index contributed by atoms with van der Waals surface area (Å²) in [5.74, 6) is -2.55. The van der Waals surface area contributed by atoms with Crippen LogP contribution >= 0.6 is 11.6 Å². The lowest BCUT2D eigenvalue weighted by Gasteiger charge is -2.34. The van der Waals surface area contributed by atoms with Crippen LogP contribution in [0.1, 0.15) is 38.3 Å². The molecule has 1 aliphatic rings. The standard InChI is InChI=1S/C30H25ClN6O5/c31-22-6-9-25(37-13-11-33-35-37)24(17-22)20-10-12-36(27(38)16-20)26(15-18-2-1-3-21(14-18)28(32)39)29(40)34-23-7-4-19(5-8-23)30(41)42/h1-9,11,13-14,16-17,26H,10,12,15H2,(H2,32,39)(H,34,40)(H,41,42). The summed E-state index contributed by atoms with van der Waals surface area (Å²) in [6.07, 6.45) is 5.25. The summed E-state index contributed by atoms with van der Waals surface area (Å²) >= 11 is 6.30. The zero-order chi connectivity index (χ0) is 29.8. The van der Waals surface area contributed by atoms with Crippen molar-refractivity contribution in [1.82, 2.24) is 19.9 Å². The van der Waals surface area contributed by atoms with Crippen molar-refractivity contribution >= 4 is 46.6 Å². The number of carbonyl (C=O) groups excluding carboxylic acids is 3. The van der Waals surface area contributed by atoms with Crippen LogP contribution in [0.25, 0.3) is 11.3 Å². The van der Waals surface area contributed by atoms with E-state index in [1.54, 1.807) is 59.5 Å². The molecule has 3 aromatic carbocycles. The van der Waals surface area contributed by atoms with Crippen LogP contribution in [-0.4, -0.2) is 61.3 Å². The maximum Gasteiger partial charge on any atom is 0.335 e. The van der Waals surface area contributed by atoms with Crippen molar-refractivity contribution in [2.24, 2.45) is 5.73 Å². The molecule has 11 nitrogen and oxygen atoms in total. The fourth-order valence-electron chi connectivity index (χ4n) is 4.82. The van der Waals surface area contributed by atoms with Crippen LogP contribution in [0.2, 0.25) is 5.02 Å². The lowest BCUT2D eigenvalue weighted by Crippen LogP contribution is -2.49. The van der Waals surface area contributed by atoms with Gasteiger partial charge in [-0.2, -0.15) is 0 Å². The molecule has 0 bridgehead atoms. The van der Waals surface area contributed by atoms with Crippen molar-refractivity contribution in [2.75, 3.05) is 11.9 Å². The molecule has 1 aromatic heterocycles. The van der Waals surface area contributed by atoms with Crippen molar-refractivity contribution in [2.45, 2.75) is 18.9 Å². The summed E-state index contributed by atoms with van der Waals surface area (Å²) in [6.45, 7) is 0.222. The maximum atomic E-state index is 13.6. The van der Waals surface area contributed by atoms with Gasteiger partial charge in [-0.3, -0.25) is 14.4 Å². The van der Waals surface area contributed by atoms with E-state index in [0.29, 0.717) is 28.4 Å². The molecule has 0 saturated carbocycles. The van der Waals surface area contributed by atoms with E-state index in [1.807, 2.05) is 0 Å². The molecule has 0 fully saturated rings. The second kappa shape index (κ2) is 12.1. The number of rotatable bonds is 9. The predicted octanol–water partition coefficient (Wildman–Crippen LogP) is 3.58. The van der Waals surface area contributed by atoms with Crippen LogP contribution in [0.3, 0.4) is 0 Å². The third kappa shape index (κ3) is 6.21. The number of aromatic carboxylic acids is 1. The number of aromatic nitrogens is 3. The number of anilines is 1. The number of hydrogen-bond donors (Lipinski definition) is 3. The predicted molar refractivity (Wildman–Crippen MR) is 155 cm³/mol. The molecule has 4 aromatic rings. The quantitative estimate of drug-likeness (QED) is 0.271. The molecule has 212 valence electrons. The molecule has 0 aliphatic carbocycles. The van der Waals surface area contributed by atoms with Gasteiger partial charge >= 0.3 is 5.97 Å². The van der Waals surface area contributed by atoms with Gasteiger partial charge in [-0.25, -0.2) is 9.48 Å². The smallest absolute Gasteiger partial charge is 0.335 e. The van der Waals surface area contributed by atoms with Gasteiger partial charge < -0.3 is 21.1 Å². The minimum absolute atomic E-state index is 0.0722. The molecule has 5 rings (SSSR count). The van der Waals surface area contributed by atoms with E-state index in [0.717, 1.165) is 11.1 Å². The Balaban J connectivity index is 1.46. The minimum Gasteiger partial charge on any atom is -0.478 e. The van der Waals surface area contributed by atoms with Gasteiger partial charge in [0, 0.05) is 40.9 Å². The summed E-state index contributed by atoms with van der Waals surface area (Å²) in [7, 11) is 0. The van der Waals surface area contributed by atoms with E-state index in [4.69, 9.17) is 17.3 Å². The van der Waals surface area contributed by atoms with E-state index in [-0.39, 0.29) is 30.0 Å². The van der Waals surface area contributed by atoms with Gasteiger partial charge in [0.2, 0.25) is 17.7 Å². The Bertz CT molecular complexity index is 1700.